The molecule has 0 saturated carbocycles. The van der Waals surface area contributed by atoms with E-state index in [1.807, 2.05) is 25.1 Å². The predicted octanol–water partition coefficient (Wildman–Crippen LogP) is 3.53. The van der Waals surface area contributed by atoms with Crippen LogP contribution in [0.4, 0.5) is 0 Å². The fourth-order valence-electron chi connectivity index (χ4n) is 2.53. The molecule has 0 radical (unpaired) electrons. The minimum absolute atomic E-state index is 0.372. The lowest BCUT2D eigenvalue weighted by Gasteiger charge is -2.08. The van der Waals surface area contributed by atoms with Gasteiger partial charge in [-0.05, 0) is 18.9 Å². The van der Waals surface area contributed by atoms with Crippen molar-refractivity contribution in [2.45, 2.75) is 26.7 Å². The lowest BCUT2D eigenvalue weighted by atomic mass is 10.1. The van der Waals surface area contributed by atoms with Crippen molar-refractivity contribution in [1.82, 2.24) is 4.68 Å². The number of aromatic nitrogens is 1. The number of nitrogens with zero attached hydrogens (tertiary/aromatic N) is 1. The summed E-state index contributed by atoms with van der Waals surface area (Å²) in [4.78, 5) is 0. The molecule has 0 saturated heterocycles. The Morgan fingerprint density at radius 1 is 1.24 bits per heavy atom. The molecular formula is C14H16N2O. The van der Waals surface area contributed by atoms with E-state index in [2.05, 4.69) is 19.9 Å². The van der Waals surface area contributed by atoms with Crippen LogP contribution in [-0.2, 0) is 0 Å². The van der Waals surface area contributed by atoms with Crippen LogP contribution < -0.4 is 5.84 Å². The summed E-state index contributed by atoms with van der Waals surface area (Å²) in [6.07, 6.45) is 0. The summed E-state index contributed by atoms with van der Waals surface area (Å²) in [6.45, 7) is 6.30. The van der Waals surface area contributed by atoms with Crippen molar-refractivity contribution in [2.24, 2.45) is 0 Å². The van der Waals surface area contributed by atoms with E-state index in [0.717, 1.165) is 33.3 Å². The van der Waals surface area contributed by atoms with Crippen LogP contribution in [0.25, 0.3) is 21.9 Å². The first-order chi connectivity index (χ1) is 8.11. The van der Waals surface area contributed by atoms with Gasteiger partial charge in [0.25, 0.3) is 0 Å². The van der Waals surface area contributed by atoms with Gasteiger partial charge in [-0.3, -0.25) is 4.68 Å². The number of benzene rings is 1. The van der Waals surface area contributed by atoms with Crippen molar-refractivity contribution in [3.05, 3.63) is 35.7 Å². The molecular weight excluding hydrogens is 212 g/mol. The molecule has 17 heavy (non-hydrogen) atoms. The molecule has 0 aliphatic carbocycles. The molecule has 88 valence electrons. The highest BCUT2D eigenvalue weighted by Crippen LogP contribution is 2.37. The highest BCUT2D eigenvalue weighted by Gasteiger charge is 2.21. The molecule has 3 nitrogen and oxygen atoms in total. The number of nitrogens with two attached hydrogens (primary N) is 1. The van der Waals surface area contributed by atoms with Crippen molar-refractivity contribution in [3.63, 3.8) is 0 Å². The zero-order chi connectivity index (χ0) is 12.2. The van der Waals surface area contributed by atoms with Gasteiger partial charge in [0.15, 0.2) is 5.58 Å². The maximum Gasteiger partial charge on any atom is 0.158 e. The molecule has 0 unspecified atom stereocenters. The Hall–Kier alpha value is -1.90. The van der Waals surface area contributed by atoms with Gasteiger partial charge in [-0.25, -0.2) is 0 Å². The highest BCUT2D eigenvalue weighted by molar-refractivity contribution is 6.07. The monoisotopic (exact) mass is 228 g/mol. The van der Waals surface area contributed by atoms with Crippen molar-refractivity contribution in [3.8, 4) is 0 Å². The summed E-state index contributed by atoms with van der Waals surface area (Å²) in [7, 11) is 0. The zero-order valence-electron chi connectivity index (χ0n) is 10.3. The third-order valence-electron chi connectivity index (χ3n) is 3.35. The number of rotatable bonds is 1. The van der Waals surface area contributed by atoms with Crippen LogP contribution >= 0.6 is 0 Å². The van der Waals surface area contributed by atoms with Gasteiger partial charge in [0, 0.05) is 5.39 Å². The largest absolute Gasteiger partial charge is 0.454 e. The highest BCUT2D eigenvalue weighted by atomic mass is 16.3. The normalized spacial score (nSPS) is 12.0. The van der Waals surface area contributed by atoms with E-state index in [0.29, 0.717) is 5.92 Å². The molecule has 2 aromatic heterocycles. The summed E-state index contributed by atoms with van der Waals surface area (Å²) in [5, 5.41) is 2.31. The second-order valence-corrected chi connectivity index (χ2v) is 4.80. The van der Waals surface area contributed by atoms with Crippen molar-refractivity contribution < 1.29 is 4.42 Å². The summed E-state index contributed by atoms with van der Waals surface area (Å²) in [6, 6.07) is 8.11. The second-order valence-electron chi connectivity index (χ2n) is 4.80. The Morgan fingerprint density at radius 3 is 2.65 bits per heavy atom. The summed E-state index contributed by atoms with van der Waals surface area (Å²) < 4.78 is 7.65. The number of nitrogen functional groups attached to an aromatic ring is 1. The van der Waals surface area contributed by atoms with Crippen molar-refractivity contribution in [2.75, 3.05) is 5.84 Å². The number of hydrogen-bond donors (Lipinski definition) is 1. The third kappa shape index (κ3) is 1.22. The van der Waals surface area contributed by atoms with E-state index in [9.17, 15) is 0 Å². The molecule has 2 N–H and O–H groups in total. The minimum atomic E-state index is 0.372. The second kappa shape index (κ2) is 3.29. The Kier molecular flexibility index (Phi) is 1.99. The zero-order valence-corrected chi connectivity index (χ0v) is 10.3. The molecule has 0 fully saturated rings. The van der Waals surface area contributed by atoms with Gasteiger partial charge in [-0.1, -0.05) is 32.0 Å². The average Bonchev–Trinajstić information content (AvgIpc) is 2.77. The quantitative estimate of drug-likeness (QED) is 0.647. The Labute approximate surface area is 99.8 Å². The topological polar surface area (TPSA) is 44.1 Å². The number of para-hydroxylation sites is 1. The number of fused-ring (bicyclic) bond motifs is 3. The van der Waals surface area contributed by atoms with E-state index in [1.165, 1.54) is 0 Å². The fourth-order valence-corrected chi connectivity index (χ4v) is 2.53. The van der Waals surface area contributed by atoms with Gasteiger partial charge in [0.05, 0.1) is 16.8 Å². The van der Waals surface area contributed by atoms with Crippen LogP contribution in [0.15, 0.2) is 28.7 Å². The van der Waals surface area contributed by atoms with E-state index >= 15 is 0 Å². The fraction of sp³-hybridized carbons (Fsp3) is 0.286. The molecule has 2 heterocycles. The molecule has 3 rings (SSSR count). The molecule has 0 amide bonds. The third-order valence-corrected chi connectivity index (χ3v) is 3.35. The van der Waals surface area contributed by atoms with Crippen LogP contribution in [0.5, 0.6) is 0 Å². The minimum Gasteiger partial charge on any atom is -0.454 e. The van der Waals surface area contributed by atoms with Crippen LogP contribution in [0.3, 0.4) is 0 Å². The molecule has 0 spiro atoms. The van der Waals surface area contributed by atoms with Crippen LogP contribution in [-0.4, -0.2) is 4.68 Å². The van der Waals surface area contributed by atoms with Gasteiger partial charge in [0.2, 0.25) is 0 Å². The Bertz CT molecular complexity index is 704. The van der Waals surface area contributed by atoms with E-state index < -0.39 is 0 Å². The van der Waals surface area contributed by atoms with E-state index in [1.54, 1.807) is 4.68 Å². The van der Waals surface area contributed by atoms with Crippen molar-refractivity contribution >= 4 is 21.9 Å². The molecule has 0 aliphatic rings. The van der Waals surface area contributed by atoms with E-state index in [4.69, 9.17) is 10.3 Å². The van der Waals surface area contributed by atoms with Gasteiger partial charge in [-0.15, -0.1) is 0 Å². The number of hydrogen-bond acceptors (Lipinski definition) is 2. The first-order valence-corrected chi connectivity index (χ1v) is 5.88. The molecule has 0 aliphatic heterocycles. The first-order valence-electron chi connectivity index (χ1n) is 5.88. The lowest BCUT2D eigenvalue weighted by Crippen LogP contribution is -2.14. The number of furan rings is 1. The standard InChI is InChI=1S/C14H16N2O/c1-8(2)13-12-10-6-4-5-7-11(10)17-14(12)9(3)16(13)15/h4-8H,15H2,1-3H3. The average molecular weight is 228 g/mol. The first kappa shape index (κ1) is 10.3. The summed E-state index contributed by atoms with van der Waals surface area (Å²) >= 11 is 0. The maximum absolute atomic E-state index is 6.11. The molecule has 0 bridgehead atoms. The van der Waals surface area contributed by atoms with Crippen molar-refractivity contribution in [1.29, 1.82) is 0 Å². The lowest BCUT2D eigenvalue weighted by molar-refractivity contribution is 0.660. The SMILES string of the molecule is Cc1c2oc3ccccc3c2c(C(C)C)n1N. The van der Waals surface area contributed by atoms with Gasteiger partial charge < -0.3 is 10.3 Å². The van der Waals surface area contributed by atoms with Gasteiger partial charge in [0.1, 0.15) is 5.58 Å². The van der Waals surface area contributed by atoms with Crippen LogP contribution in [0, 0.1) is 6.92 Å². The number of aryl methyl sites for hydroxylation is 1. The molecule has 1 aromatic carbocycles. The Balaban J connectivity index is 2.57. The van der Waals surface area contributed by atoms with Crippen LogP contribution in [0.2, 0.25) is 0 Å². The van der Waals surface area contributed by atoms with E-state index in [-0.39, 0.29) is 0 Å². The van der Waals surface area contributed by atoms with Crippen LogP contribution in [0.1, 0.15) is 31.2 Å². The summed E-state index contributed by atoms with van der Waals surface area (Å²) in [5.41, 5.74) is 3.97. The molecule has 0 atom stereocenters. The predicted molar refractivity (Wildman–Crippen MR) is 70.7 cm³/mol. The van der Waals surface area contributed by atoms with Gasteiger partial charge in [-0.2, -0.15) is 0 Å². The molecule has 3 aromatic rings. The maximum atomic E-state index is 6.11. The Morgan fingerprint density at radius 2 is 1.94 bits per heavy atom. The van der Waals surface area contributed by atoms with Gasteiger partial charge >= 0.3 is 0 Å². The smallest absolute Gasteiger partial charge is 0.158 e. The molecule has 3 heteroatoms. The summed E-state index contributed by atoms with van der Waals surface area (Å²) in [5.74, 6) is 6.48.